The van der Waals surface area contributed by atoms with E-state index in [4.69, 9.17) is 68.8 Å². The van der Waals surface area contributed by atoms with Crippen LogP contribution in [0.25, 0.3) is 0 Å². The summed E-state index contributed by atoms with van der Waals surface area (Å²) in [7, 11) is 0. The first-order valence-corrected chi connectivity index (χ1v) is 32.5. The molecule has 1 radical (unpaired) electrons. The minimum atomic E-state index is -2.20. The Bertz CT molecular complexity index is 3300. The van der Waals surface area contributed by atoms with Gasteiger partial charge in [-0.2, -0.15) is 0 Å². The van der Waals surface area contributed by atoms with Crippen LogP contribution in [0.5, 0.6) is 0 Å². The molecule has 0 aromatic carbocycles. The van der Waals surface area contributed by atoms with E-state index in [1.807, 2.05) is 0 Å². The Labute approximate surface area is 595 Å². The smallest absolute Gasteiger partial charge is 0.404 e. The summed E-state index contributed by atoms with van der Waals surface area (Å²) < 4.78 is 28.7. The number of aliphatic hydroxyl groups is 8. The van der Waals surface area contributed by atoms with Gasteiger partial charge in [0.05, 0.1) is 72.7 Å². The van der Waals surface area contributed by atoms with Crippen LogP contribution in [0.3, 0.4) is 0 Å². The van der Waals surface area contributed by atoms with Gasteiger partial charge in [0, 0.05) is 72.8 Å². The van der Waals surface area contributed by atoms with Crippen molar-refractivity contribution in [1.29, 1.82) is 0 Å². The van der Waals surface area contributed by atoms with Crippen LogP contribution in [0.4, 0.5) is 10.6 Å². The number of guanidine groups is 1. The van der Waals surface area contributed by atoms with Gasteiger partial charge in [-0.3, -0.25) is 43.5 Å². The Morgan fingerprint density at radius 3 is 2.11 bits per heavy atom. The molecule has 563 valence electrons. The summed E-state index contributed by atoms with van der Waals surface area (Å²) in [6.45, 7) is 3.47. The van der Waals surface area contributed by atoms with Crippen molar-refractivity contribution in [3.8, 4) is 0 Å². The van der Waals surface area contributed by atoms with Gasteiger partial charge in [0.15, 0.2) is 24.6 Å². The van der Waals surface area contributed by atoms with Crippen molar-refractivity contribution in [3.05, 3.63) is 51.4 Å². The number of thioether (sulfide) groups is 1. The van der Waals surface area contributed by atoms with Crippen molar-refractivity contribution in [2.75, 3.05) is 50.9 Å². The van der Waals surface area contributed by atoms with E-state index in [2.05, 4.69) is 61.8 Å². The van der Waals surface area contributed by atoms with Gasteiger partial charge in [0.25, 0.3) is 11.8 Å². The second-order valence-corrected chi connectivity index (χ2v) is 25.0. The summed E-state index contributed by atoms with van der Waals surface area (Å²) in [4.78, 5) is 135. The van der Waals surface area contributed by atoms with Crippen LogP contribution >= 0.6 is 35.5 Å². The maximum absolute atomic E-state index is 15.2. The molecule has 0 spiro atoms. The van der Waals surface area contributed by atoms with Crippen LogP contribution in [0.1, 0.15) is 108 Å². The predicted octanol–water partition coefficient (Wildman–Crippen LogP) is -8.59. The second-order valence-electron chi connectivity index (χ2n) is 23.0. The third-order valence-corrected chi connectivity index (χ3v) is 17.7. The van der Waals surface area contributed by atoms with Crippen molar-refractivity contribution in [2.45, 2.75) is 169 Å². The van der Waals surface area contributed by atoms with E-state index in [0.29, 0.717) is 41.7 Å². The molecule has 0 saturated carbocycles. The number of aromatic nitrogens is 5. The molecule has 20 atom stereocenters. The molecule has 2 fully saturated rings. The van der Waals surface area contributed by atoms with E-state index in [0.717, 1.165) is 12.5 Å². The summed E-state index contributed by atoms with van der Waals surface area (Å²) in [6.07, 6.45) is -23.8. The quantitative estimate of drug-likeness (QED) is 0.0111. The molecule has 3 aliphatic heterocycles. The number of rotatable bonds is 36. The van der Waals surface area contributed by atoms with E-state index in [-0.39, 0.29) is 95.5 Å². The number of imidazole rings is 1. The zero-order chi connectivity index (χ0) is 72.4. The SMILES string of the molecule is Cc1c(N)nc(C(CC(N)=O)NCC(N)C(N)=O)nc1C(=O)NC(C(=O)NC(C)C(O)C(C)C(=O)NC(C(=O)NCCC1=NC(c2nc(C(=O)NCCCCN=C(N)N)cs2)CS1)C(C)O)C(O[C@@H]1O[C@@H](CO)[C@@H](O)[C@H](O)[C@@H]1O[C@H]1O[C@H](CO)[C@@H](O)[C@H](OC(N)=O)[C@@H]1O)c1cnc[nH]1.Cl.[Cu]. The molecule has 10 unspecified atom stereocenters. The molecule has 2 saturated heterocycles. The van der Waals surface area contributed by atoms with Gasteiger partial charge in [-0.15, -0.1) is 35.5 Å². The number of hydrogen-bond acceptors (Lipinski definition) is 32. The number of carbonyl (C=O) groups excluding carboxylic acids is 8. The van der Waals surface area contributed by atoms with Crippen LogP contribution in [0.15, 0.2) is 27.9 Å². The number of aliphatic hydroxyl groups excluding tert-OH is 8. The standard InChI is InChI=1S/C55H86N20O21S2.ClH.Cu/c1-19-32(72-45(75-43(19)58)24(11-30(57)79)67-12-23(56)44(59)85)49(89)74-34(40(25-13-63-18-68-25)94-53-42(38(83)36(81)28(14-76)93-53)95-52-39(84)41(96-55(62)91)37(82)29(15-77)92-52)50(90)69-21(3)35(80)20(2)46(86)73-33(22(4)78)48(88)65-10-7-31-70-27(17-97-31)51-71-26(16-98-51)47(87)64-8-5-6-9-66-54(60)61;;/h13,16,18,20-24,27-29,33-42,52-53,67,76-78,80-84H,5-12,14-15,17,56H2,1-4H3,(H2,57,79)(H2,59,85)(H2,62,91)(H,63,68)(H,64,87)(H,65,88)(H,69,90)(H,73,86)(H,74,89)(H2,58,72,75)(H4,60,61,66);1H;/t20?,21?,22?,23?,24?,27?,28-,29+,33?,34?,35?,36+,37+,38-,39-,40?,41-,42-,52+,53-;;/m0../s1. The van der Waals surface area contributed by atoms with Crippen LogP contribution in [-0.2, 0) is 64.7 Å². The number of hydrogen-bond donors (Lipinski definition) is 22. The van der Waals surface area contributed by atoms with Crippen LogP contribution in [0, 0.1) is 12.8 Å². The fourth-order valence-electron chi connectivity index (χ4n) is 10.1. The maximum atomic E-state index is 15.2. The first-order valence-electron chi connectivity index (χ1n) is 30.6. The number of nitrogens with two attached hydrogens (primary N) is 7. The first-order chi connectivity index (χ1) is 46.3. The fraction of sp³-hybridized carbons (Fsp3) is 0.636. The molecule has 8 amide bonds. The molecule has 0 bridgehead atoms. The van der Waals surface area contributed by atoms with Gasteiger partial charge in [-0.25, -0.2) is 24.7 Å². The molecule has 45 heteroatoms. The minimum Gasteiger partial charge on any atom is -0.441 e. The zero-order valence-corrected chi connectivity index (χ0v) is 57.6. The number of primary amides is 3. The van der Waals surface area contributed by atoms with Crippen molar-refractivity contribution in [3.63, 3.8) is 0 Å². The molecular formula is C55H87ClCuN20O21S2. The van der Waals surface area contributed by atoms with Crippen molar-refractivity contribution >= 4 is 99.8 Å². The number of nitrogens with zero attached hydrogens (tertiary/aromatic N) is 6. The number of amides is 8. The van der Waals surface area contributed by atoms with Crippen molar-refractivity contribution < 1.29 is 120 Å². The molecule has 41 nitrogen and oxygen atoms in total. The summed E-state index contributed by atoms with van der Waals surface area (Å²) in [5, 5.41) is 107. The number of carbonyl (C=O) groups is 8. The molecule has 100 heavy (non-hydrogen) atoms. The molecule has 29 N–H and O–H groups in total. The third kappa shape index (κ3) is 23.2. The number of unbranched alkanes of at least 4 members (excludes halogenated alkanes) is 1. The number of H-pyrrole nitrogens is 1. The number of halogens is 1. The van der Waals surface area contributed by atoms with E-state index in [9.17, 15) is 74.4 Å². The monoisotopic (exact) mass is 1530 g/mol. The van der Waals surface area contributed by atoms with E-state index in [1.54, 1.807) is 5.38 Å². The average molecular weight is 1530 g/mol. The van der Waals surface area contributed by atoms with Gasteiger partial charge < -0.3 is 142 Å². The molecular weight excluding hydrogens is 1440 g/mol. The summed E-state index contributed by atoms with van der Waals surface area (Å²) >= 11 is 2.69. The fourth-order valence-corrected chi connectivity index (χ4v) is 12.1. The summed E-state index contributed by atoms with van der Waals surface area (Å²) in [5.74, 6) is -8.26. The Balaban J connectivity index is 0.0000106. The predicted molar refractivity (Wildman–Crippen MR) is 350 cm³/mol. The van der Waals surface area contributed by atoms with E-state index in [1.165, 1.54) is 50.8 Å². The summed E-state index contributed by atoms with van der Waals surface area (Å²) in [5.41, 5.74) is 38.2. The molecule has 6 heterocycles. The van der Waals surface area contributed by atoms with Crippen molar-refractivity contribution in [1.82, 2.24) is 56.8 Å². The molecule has 3 aliphatic rings. The number of aliphatic imine (C=N–C) groups is 2. The number of nitrogen functional groups attached to an aromatic ring is 1. The van der Waals surface area contributed by atoms with E-state index >= 15 is 4.79 Å². The zero-order valence-electron chi connectivity index (χ0n) is 54.2. The maximum Gasteiger partial charge on any atom is 0.404 e. The van der Waals surface area contributed by atoms with Gasteiger partial charge in [-0.1, -0.05) is 6.92 Å². The third-order valence-electron chi connectivity index (χ3n) is 15.7. The van der Waals surface area contributed by atoms with Crippen molar-refractivity contribution in [2.24, 2.45) is 50.3 Å². The minimum absolute atomic E-state index is 0. The number of thiazole rings is 1. The number of aromatic amines is 1. The van der Waals surface area contributed by atoms with Gasteiger partial charge >= 0.3 is 6.09 Å². The van der Waals surface area contributed by atoms with Crippen LogP contribution in [-0.4, -0.2) is 267 Å². The van der Waals surface area contributed by atoms with Crippen LogP contribution < -0.4 is 72.0 Å². The molecule has 3 aromatic rings. The molecule has 3 aromatic heterocycles. The number of anilines is 1. The van der Waals surface area contributed by atoms with Gasteiger partial charge in [0.2, 0.25) is 29.5 Å². The summed E-state index contributed by atoms with van der Waals surface area (Å²) in [6, 6.07) is -8.23. The van der Waals surface area contributed by atoms with E-state index < -0.39 is 183 Å². The first kappa shape index (κ1) is 85.2. The second kappa shape index (κ2) is 39.9. The van der Waals surface area contributed by atoms with Crippen LogP contribution in [0.2, 0.25) is 0 Å². The topological polar surface area (TPSA) is 691 Å². The number of ether oxygens (including phenoxy) is 5. The van der Waals surface area contributed by atoms with Gasteiger partial charge in [0.1, 0.15) is 95.0 Å². The largest absolute Gasteiger partial charge is 0.441 e. The Hall–Kier alpha value is -7.18. The Morgan fingerprint density at radius 2 is 1.49 bits per heavy atom. The molecule has 6 rings (SSSR count). The number of nitrogens with one attached hydrogen (secondary N) is 7. The molecule has 0 aliphatic carbocycles. The average Bonchev–Trinajstić information content (AvgIpc) is 0.920. The van der Waals surface area contributed by atoms with Gasteiger partial charge in [-0.05, 0) is 33.6 Å². The Morgan fingerprint density at radius 1 is 0.810 bits per heavy atom. The normalized spacial score (nSPS) is 24.6. The Kier molecular flexibility index (Phi) is 34.0.